The fourth-order valence-electron chi connectivity index (χ4n) is 1.89. The summed E-state index contributed by atoms with van der Waals surface area (Å²) in [6.07, 6.45) is 3.92. The van der Waals surface area contributed by atoms with Gasteiger partial charge < -0.3 is 5.32 Å². The smallest absolute Gasteiger partial charge is 0.225 e. The molecule has 18 heavy (non-hydrogen) atoms. The zero-order valence-electron chi connectivity index (χ0n) is 10.5. The summed E-state index contributed by atoms with van der Waals surface area (Å²) < 4.78 is 0. The van der Waals surface area contributed by atoms with E-state index in [9.17, 15) is 4.79 Å². The number of aromatic amines is 1. The third-order valence-corrected chi connectivity index (χ3v) is 2.65. The van der Waals surface area contributed by atoms with Crippen molar-refractivity contribution in [3.05, 3.63) is 17.3 Å². The zero-order valence-corrected chi connectivity index (χ0v) is 11.3. The summed E-state index contributed by atoms with van der Waals surface area (Å²) in [5.74, 6) is 7.12. The molecule has 7 heteroatoms. The number of amides is 1. The van der Waals surface area contributed by atoms with Crippen LogP contribution in [0.2, 0.25) is 0 Å². The number of fused-ring (bicyclic) bond motifs is 1. The van der Waals surface area contributed by atoms with Crippen LogP contribution in [0.25, 0.3) is 0 Å². The number of halogens is 1. The van der Waals surface area contributed by atoms with Gasteiger partial charge in [0, 0.05) is 24.6 Å². The fraction of sp³-hybridized carbons (Fsp3) is 0.455. The van der Waals surface area contributed by atoms with E-state index < -0.39 is 0 Å². The van der Waals surface area contributed by atoms with Gasteiger partial charge in [0.15, 0.2) is 5.82 Å². The molecule has 0 bridgehead atoms. The number of anilines is 2. The molecule has 0 atom stereocenters. The van der Waals surface area contributed by atoms with Crippen LogP contribution in [-0.4, -0.2) is 16.1 Å². The lowest BCUT2D eigenvalue weighted by molar-refractivity contribution is -0.116. The summed E-state index contributed by atoms with van der Waals surface area (Å²) >= 11 is 0. The van der Waals surface area contributed by atoms with Gasteiger partial charge in [-0.05, 0) is 13.3 Å². The van der Waals surface area contributed by atoms with Gasteiger partial charge in [0.25, 0.3) is 0 Å². The molecule has 0 radical (unpaired) electrons. The van der Waals surface area contributed by atoms with Crippen molar-refractivity contribution in [3.63, 3.8) is 0 Å². The molecule has 0 fully saturated rings. The van der Waals surface area contributed by atoms with Gasteiger partial charge in [0.05, 0.1) is 0 Å². The molecule has 4 N–H and O–H groups in total. The molecule has 0 aromatic carbocycles. The van der Waals surface area contributed by atoms with E-state index in [4.69, 9.17) is 5.84 Å². The van der Waals surface area contributed by atoms with E-state index >= 15 is 0 Å². The largest absolute Gasteiger partial charge is 0.309 e. The molecule has 1 aromatic heterocycles. The lowest BCUT2D eigenvalue weighted by atomic mass is 10.1. The summed E-state index contributed by atoms with van der Waals surface area (Å²) in [7, 11) is 0. The molecule has 6 nitrogen and oxygen atoms in total. The highest BCUT2D eigenvalue weighted by atomic mass is 35.5. The summed E-state index contributed by atoms with van der Waals surface area (Å²) in [6.45, 7) is 3.96. The van der Waals surface area contributed by atoms with E-state index in [1.807, 2.05) is 20.0 Å². The molecular weight excluding hydrogens is 254 g/mol. The number of hydrogen-bond donors (Lipinski definition) is 3. The van der Waals surface area contributed by atoms with Crippen molar-refractivity contribution in [2.45, 2.75) is 33.1 Å². The van der Waals surface area contributed by atoms with Crippen molar-refractivity contribution in [1.29, 1.82) is 0 Å². The minimum absolute atomic E-state index is 0. The van der Waals surface area contributed by atoms with Crippen LogP contribution >= 0.6 is 12.4 Å². The Morgan fingerprint density at radius 3 is 3.06 bits per heavy atom. The molecule has 1 aromatic rings. The third-order valence-electron chi connectivity index (χ3n) is 2.65. The molecule has 0 spiro atoms. The van der Waals surface area contributed by atoms with Gasteiger partial charge >= 0.3 is 0 Å². The normalized spacial score (nSPS) is 13.5. The monoisotopic (exact) mass is 271 g/mol. The first-order valence-corrected chi connectivity index (χ1v) is 5.70. The highest BCUT2D eigenvalue weighted by Gasteiger charge is 2.21. The van der Waals surface area contributed by atoms with Gasteiger partial charge in [-0.2, -0.15) is 5.10 Å². The predicted molar refractivity (Wildman–Crippen MR) is 73.5 cm³/mol. The zero-order chi connectivity index (χ0) is 12.4. The van der Waals surface area contributed by atoms with Gasteiger partial charge in [-0.1, -0.05) is 12.5 Å². The predicted octanol–water partition coefficient (Wildman–Crippen LogP) is 1.71. The molecule has 1 aliphatic rings. The fourth-order valence-corrected chi connectivity index (χ4v) is 1.89. The molecule has 2 heterocycles. The van der Waals surface area contributed by atoms with Crippen molar-refractivity contribution in [1.82, 2.24) is 10.2 Å². The van der Waals surface area contributed by atoms with Crippen molar-refractivity contribution in [2.24, 2.45) is 5.84 Å². The summed E-state index contributed by atoms with van der Waals surface area (Å²) in [5, 5.41) is 11.2. The Morgan fingerprint density at radius 2 is 2.39 bits per heavy atom. The first-order chi connectivity index (χ1) is 8.11. The number of carbonyl (C=O) groups excluding carboxylic acids is 1. The Morgan fingerprint density at radius 1 is 1.67 bits per heavy atom. The van der Waals surface area contributed by atoms with Gasteiger partial charge in [-0.25, -0.2) is 5.84 Å². The highest BCUT2D eigenvalue weighted by molar-refractivity contribution is 5.91. The number of hydrazine groups is 1. The van der Waals surface area contributed by atoms with E-state index in [2.05, 4.69) is 15.5 Å². The van der Waals surface area contributed by atoms with E-state index in [0.717, 1.165) is 29.8 Å². The minimum Gasteiger partial charge on any atom is -0.309 e. The maximum atomic E-state index is 11.5. The molecule has 0 unspecified atom stereocenters. The van der Waals surface area contributed by atoms with Crippen molar-refractivity contribution < 1.29 is 4.79 Å². The van der Waals surface area contributed by atoms with Crippen LogP contribution in [0.4, 0.5) is 11.6 Å². The average molecular weight is 272 g/mol. The second kappa shape index (κ2) is 5.88. The maximum absolute atomic E-state index is 11.5. The van der Waals surface area contributed by atoms with E-state index in [0.29, 0.717) is 12.2 Å². The Labute approximate surface area is 112 Å². The number of hydrogen-bond acceptors (Lipinski definition) is 4. The molecule has 0 saturated heterocycles. The van der Waals surface area contributed by atoms with Gasteiger partial charge in [-0.3, -0.25) is 14.9 Å². The Kier molecular flexibility index (Phi) is 4.75. The van der Waals surface area contributed by atoms with E-state index in [-0.39, 0.29) is 18.3 Å². The quantitative estimate of drug-likeness (QED) is 0.731. The second-order valence-electron chi connectivity index (χ2n) is 4.26. The number of nitrogens with one attached hydrogen (secondary N) is 2. The summed E-state index contributed by atoms with van der Waals surface area (Å²) in [6, 6.07) is 0. The molecule has 100 valence electrons. The first-order valence-electron chi connectivity index (χ1n) is 5.70. The van der Waals surface area contributed by atoms with E-state index in [1.165, 1.54) is 5.01 Å². The maximum Gasteiger partial charge on any atom is 0.225 e. The van der Waals surface area contributed by atoms with Gasteiger partial charge in [-0.15, -0.1) is 12.4 Å². The summed E-state index contributed by atoms with van der Waals surface area (Å²) in [5.41, 5.74) is 2.07. The standard InChI is InChI=1S/C11H17N5O.ClH/c1-3-4-9(17)13-10-8-5-7(2)6-16(12)11(8)15-14-10;/h6H,3-5,12H2,1-2H3,(H2,13,14,15,17);1H. The molecule has 0 aliphatic carbocycles. The van der Waals surface area contributed by atoms with Crippen LogP contribution in [0, 0.1) is 0 Å². The van der Waals surface area contributed by atoms with Crippen LogP contribution in [-0.2, 0) is 11.2 Å². The van der Waals surface area contributed by atoms with Crippen molar-refractivity contribution in [2.75, 3.05) is 10.3 Å². The topological polar surface area (TPSA) is 87.0 Å². The minimum atomic E-state index is -0.0161. The number of nitrogens with zero attached hydrogens (tertiary/aromatic N) is 2. The molecule has 0 saturated carbocycles. The van der Waals surface area contributed by atoms with Crippen molar-refractivity contribution in [3.8, 4) is 0 Å². The number of nitrogens with two attached hydrogens (primary N) is 1. The van der Waals surface area contributed by atoms with Crippen LogP contribution in [0.1, 0.15) is 32.3 Å². The van der Waals surface area contributed by atoms with Crippen LogP contribution in [0.3, 0.4) is 0 Å². The van der Waals surface area contributed by atoms with Crippen LogP contribution in [0.5, 0.6) is 0 Å². The summed E-state index contributed by atoms with van der Waals surface area (Å²) in [4.78, 5) is 11.5. The second-order valence-corrected chi connectivity index (χ2v) is 4.26. The number of aromatic nitrogens is 2. The lowest BCUT2D eigenvalue weighted by Gasteiger charge is -2.20. The Balaban J connectivity index is 0.00000162. The highest BCUT2D eigenvalue weighted by Crippen LogP contribution is 2.30. The van der Waals surface area contributed by atoms with E-state index in [1.54, 1.807) is 0 Å². The SMILES string of the molecule is CCCC(=O)Nc1n[nH]c2c1CC(C)=CN2N.Cl. The Bertz CT molecular complexity index is 468. The number of carbonyl (C=O) groups is 1. The molecular formula is C11H18ClN5O. The Hall–Kier alpha value is -1.53. The first kappa shape index (κ1) is 14.5. The van der Waals surface area contributed by atoms with Gasteiger partial charge in [0.1, 0.15) is 5.82 Å². The number of allylic oxidation sites excluding steroid dienone is 1. The number of rotatable bonds is 3. The van der Waals surface area contributed by atoms with Gasteiger partial charge in [0.2, 0.25) is 5.91 Å². The molecule has 1 amide bonds. The average Bonchev–Trinajstić information content (AvgIpc) is 2.62. The third kappa shape index (κ3) is 2.83. The molecule has 2 rings (SSSR count). The lowest BCUT2D eigenvalue weighted by Crippen LogP contribution is -2.28. The number of H-pyrrole nitrogens is 1. The van der Waals surface area contributed by atoms with Crippen molar-refractivity contribution >= 4 is 29.9 Å². The van der Waals surface area contributed by atoms with Crippen LogP contribution in [0.15, 0.2) is 11.8 Å². The van der Waals surface area contributed by atoms with Crippen LogP contribution < -0.4 is 16.2 Å². The molecule has 1 aliphatic heterocycles.